The summed E-state index contributed by atoms with van der Waals surface area (Å²) in [4.78, 5) is 111. The molecule has 20 nitrogen and oxygen atoms in total. The van der Waals surface area contributed by atoms with Crippen LogP contribution in [0, 0.1) is 5.92 Å². The molecule has 2 heterocycles. The van der Waals surface area contributed by atoms with Crippen LogP contribution in [-0.4, -0.2) is 132 Å². The Morgan fingerprint density at radius 2 is 0.842 bits per heavy atom. The highest BCUT2D eigenvalue weighted by Gasteiger charge is 2.54. The van der Waals surface area contributed by atoms with Crippen molar-refractivity contribution in [3.05, 3.63) is 0 Å². The zero-order chi connectivity index (χ0) is 43.4. The van der Waals surface area contributed by atoms with Crippen molar-refractivity contribution in [2.24, 2.45) is 5.92 Å². The van der Waals surface area contributed by atoms with Gasteiger partial charge in [0.1, 0.15) is 18.3 Å². The van der Waals surface area contributed by atoms with Crippen molar-refractivity contribution in [2.45, 2.75) is 168 Å². The monoisotopic (exact) mass is 818 g/mol. The molecule has 0 radical (unpaired) electrons. The van der Waals surface area contributed by atoms with E-state index < -0.39 is 133 Å². The Balaban J connectivity index is 2.59. The number of rotatable bonds is 17. The van der Waals surface area contributed by atoms with Crippen molar-refractivity contribution in [3.8, 4) is 0 Å². The molecule has 2 saturated heterocycles. The average molecular weight is 819 g/mol. The molecule has 0 bridgehead atoms. The Labute approximate surface area is 329 Å². The first-order valence-electron chi connectivity index (χ1n) is 18.3. The Morgan fingerprint density at radius 3 is 1.18 bits per heavy atom. The van der Waals surface area contributed by atoms with Gasteiger partial charge in [-0.2, -0.15) is 0 Å². The van der Waals surface area contributed by atoms with E-state index >= 15 is 0 Å². The molecule has 0 aliphatic carbocycles. The van der Waals surface area contributed by atoms with Gasteiger partial charge in [-0.3, -0.25) is 43.2 Å². The summed E-state index contributed by atoms with van der Waals surface area (Å²) in [6, 6.07) is 0. The SMILES string of the molecule is CC(=O)OC[C@H]1O[C@@H](CC[C@H]2O[C@H](CCC[C@@H](C(=O)O)C(=O)OC(C)(C)C)[C@H](OC(C)=O)[C@@H](OC(C)=O)[C@@H]2OC(C)=O)[C@H](OC(C)=O)[C@@H](OC(C)=O)[C@@H]1OC(C)=O. The van der Waals surface area contributed by atoms with E-state index in [0.717, 1.165) is 48.5 Å². The van der Waals surface area contributed by atoms with Gasteiger partial charge in [0.25, 0.3) is 0 Å². The van der Waals surface area contributed by atoms with Gasteiger partial charge in [0.2, 0.25) is 0 Å². The number of aliphatic carboxylic acids is 1. The quantitative estimate of drug-likeness (QED) is 0.124. The normalized spacial score (nSPS) is 27.7. The number of carbonyl (C=O) groups excluding carboxylic acids is 8. The smallest absolute Gasteiger partial charge is 0.320 e. The summed E-state index contributed by atoms with van der Waals surface area (Å²) >= 11 is 0. The van der Waals surface area contributed by atoms with Gasteiger partial charge in [-0.15, -0.1) is 0 Å². The first-order chi connectivity index (χ1) is 26.4. The molecule has 322 valence electrons. The largest absolute Gasteiger partial charge is 0.481 e. The van der Waals surface area contributed by atoms with Crippen LogP contribution in [0.15, 0.2) is 0 Å². The molecule has 0 saturated carbocycles. The van der Waals surface area contributed by atoms with Gasteiger partial charge >= 0.3 is 53.7 Å². The number of carboxylic acids is 1. The number of esters is 8. The molecule has 2 fully saturated rings. The lowest BCUT2D eigenvalue weighted by Crippen LogP contribution is -2.63. The Bertz CT molecular complexity index is 1480. The molecule has 0 unspecified atom stereocenters. The maximum Gasteiger partial charge on any atom is 0.320 e. The Morgan fingerprint density at radius 1 is 0.509 bits per heavy atom. The van der Waals surface area contributed by atoms with Crippen LogP contribution < -0.4 is 0 Å². The molecular formula is C37H54O20. The van der Waals surface area contributed by atoms with Crippen LogP contribution in [0.3, 0.4) is 0 Å². The van der Waals surface area contributed by atoms with Crippen LogP contribution in [0.1, 0.15) is 101 Å². The molecule has 2 rings (SSSR count). The maximum atomic E-state index is 12.7. The molecule has 1 N–H and O–H groups in total. The lowest BCUT2D eigenvalue weighted by Gasteiger charge is -2.47. The van der Waals surface area contributed by atoms with Crippen molar-refractivity contribution in [2.75, 3.05) is 6.61 Å². The van der Waals surface area contributed by atoms with Crippen LogP contribution in [0.4, 0.5) is 0 Å². The van der Waals surface area contributed by atoms with Gasteiger partial charge in [0, 0.05) is 48.5 Å². The van der Waals surface area contributed by atoms with E-state index in [4.69, 9.17) is 47.4 Å². The standard InChI is InChI=1S/C37H54O20/c1-17(38)48-16-28-32(52-21(5)42)34(54-23(7)44)31(51-20(4)41)27(56-28)15-14-26-30(50-19(3)40)33(53-22(6)43)29(49-18(2)39)25(55-26)13-11-12-24(35(45)46)36(47)57-37(8,9)10/h24-34H,11-16H2,1-10H3,(H,45,46)/t24-,25+,26+,27-,28+,29-,30+,31-,32+,33+,34+/m0/s1. The van der Waals surface area contributed by atoms with Crippen molar-refractivity contribution < 1.29 is 95.6 Å². The molecule has 2 aliphatic rings. The van der Waals surface area contributed by atoms with Gasteiger partial charge in [-0.1, -0.05) is 0 Å². The van der Waals surface area contributed by atoms with Gasteiger partial charge in [0.15, 0.2) is 42.5 Å². The maximum absolute atomic E-state index is 12.7. The fourth-order valence-electron chi connectivity index (χ4n) is 6.57. The minimum atomic E-state index is -1.56. The van der Waals surface area contributed by atoms with Crippen LogP contribution in [-0.2, 0) is 90.5 Å². The van der Waals surface area contributed by atoms with Crippen molar-refractivity contribution in [3.63, 3.8) is 0 Å². The lowest BCUT2D eigenvalue weighted by molar-refractivity contribution is -0.261. The Kier molecular flexibility index (Phi) is 18.3. The van der Waals surface area contributed by atoms with Crippen molar-refractivity contribution >= 4 is 53.7 Å². The second-order valence-electron chi connectivity index (χ2n) is 14.6. The molecular weight excluding hydrogens is 764 g/mol. The summed E-state index contributed by atoms with van der Waals surface area (Å²) in [6.45, 7) is 11.9. The van der Waals surface area contributed by atoms with E-state index in [1.807, 2.05) is 0 Å². The summed E-state index contributed by atoms with van der Waals surface area (Å²) in [7, 11) is 0. The van der Waals surface area contributed by atoms with Crippen LogP contribution in [0.25, 0.3) is 0 Å². The number of hydrogen-bond donors (Lipinski definition) is 1. The third-order valence-electron chi connectivity index (χ3n) is 8.43. The second kappa shape index (κ2) is 21.6. The third-order valence-corrected chi connectivity index (χ3v) is 8.43. The molecule has 2 aliphatic heterocycles. The van der Waals surface area contributed by atoms with Crippen LogP contribution in [0.2, 0.25) is 0 Å². The van der Waals surface area contributed by atoms with E-state index in [0.29, 0.717) is 0 Å². The molecule has 0 aromatic heterocycles. The first-order valence-corrected chi connectivity index (χ1v) is 18.3. The third kappa shape index (κ3) is 15.9. The molecule has 20 heteroatoms. The number of carbonyl (C=O) groups is 9. The summed E-state index contributed by atoms with van der Waals surface area (Å²) in [5.74, 6) is -9.66. The number of ether oxygens (including phenoxy) is 10. The fraction of sp³-hybridized carbons (Fsp3) is 0.757. The lowest BCUT2D eigenvalue weighted by atomic mass is 9.86. The predicted molar refractivity (Wildman–Crippen MR) is 187 cm³/mol. The van der Waals surface area contributed by atoms with Crippen LogP contribution in [0.5, 0.6) is 0 Å². The van der Waals surface area contributed by atoms with Crippen molar-refractivity contribution in [1.29, 1.82) is 0 Å². The molecule has 0 amide bonds. The van der Waals surface area contributed by atoms with Gasteiger partial charge in [-0.25, -0.2) is 0 Å². The minimum Gasteiger partial charge on any atom is -0.481 e. The summed E-state index contributed by atoms with van der Waals surface area (Å²) in [5.41, 5.74) is -0.968. The number of carboxylic acid groups (broad SMARTS) is 1. The van der Waals surface area contributed by atoms with E-state index in [2.05, 4.69) is 0 Å². The van der Waals surface area contributed by atoms with E-state index in [9.17, 15) is 48.3 Å². The van der Waals surface area contributed by atoms with E-state index in [1.165, 1.54) is 0 Å². The highest BCUT2D eigenvalue weighted by atomic mass is 16.7. The molecule has 0 spiro atoms. The predicted octanol–water partition coefficient (Wildman–Crippen LogP) is 1.67. The van der Waals surface area contributed by atoms with Gasteiger partial charge in [0.05, 0.1) is 18.3 Å². The molecule has 0 aromatic carbocycles. The van der Waals surface area contributed by atoms with E-state index in [1.54, 1.807) is 20.8 Å². The molecule has 11 atom stereocenters. The Hall–Kier alpha value is -4.85. The fourth-order valence-corrected chi connectivity index (χ4v) is 6.57. The average Bonchev–Trinajstić information content (AvgIpc) is 3.03. The minimum absolute atomic E-state index is 0.00389. The summed E-state index contributed by atoms with van der Waals surface area (Å²) in [6.07, 6.45) is -14.0. The highest BCUT2D eigenvalue weighted by Crippen LogP contribution is 2.36. The zero-order valence-electron chi connectivity index (χ0n) is 33.8. The van der Waals surface area contributed by atoms with E-state index in [-0.39, 0.29) is 32.1 Å². The van der Waals surface area contributed by atoms with Gasteiger partial charge in [-0.05, 0) is 52.9 Å². The topological polar surface area (TPSA) is 266 Å². The first kappa shape index (κ1) is 48.3. The molecule has 0 aromatic rings. The molecule has 57 heavy (non-hydrogen) atoms. The highest BCUT2D eigenvalue weighted by molar-refractivity contribution is 5.94. The summed E-state index contributed by atoms with van der Waals surface area (Å²) in [5, 5.41) is 9.80. The zero-order valence-corrected chi connectivity index (χ0v) is 33.8. The van der Waals surface area contributed by atoms with Crippen LogP contribution >= 0.6 is 0 Å². The summed E-state index contributed by atoms with van der Waals surface area (Å²) < 4.78 is 56.2. The van der Waals surface area contributed by atoms with Gasteiger partial charge < -0.3 is 52.5 Å². The number of hydrogen-bond acceptors (Lipinski definition) is 19. The second-order valence-corrected chi connectivity index (χ2v) is 14.6. The van der Waals surface area contributed by atoms with Crippen molar-refractivity contribution in [1.82, 2.24) is 0 Å².